The predicted octanol–water partition coefficient (Wildman–Crippen LogP) is 2.83. The molecule has 0 bridgehead atoms. The van der Waals surface area contributed by atoms with Gasteiger partial charge in [-0.2, -0.15) is 0 Å². The van der Waals surface area contributed by atoms with Crippen molar-refractivity contribution < 1.29 is 19.1 Å². The third-order valence-electron chi connectivity index (χ3n) is 4.34. The van der Waals surface area contributed by atoms with Crippen LogP contribution in [0.3, 0.4) is 0 Å². The number of amides is 2. The van der Waals surface area contributed by atoms with Crippen LogP contribution in [0.15, 0.2) is 60.7 Å². The predicted molar refractivity (Wildman–Crippen MR) is 93.0 cm³/mol. The van der Waals surface area contributed by atoms with Gasteiger partial charge in [0.2, 0.25) is 0 Å². The quantitative estimate of drug-likeness (QED) is 0.600. The van der Waals surface area contributed by atoms with E-state index in [4.69, 9.17) is 9.47 Å². The molecule has 5 nitrogen and oxygen atoms in total. The van der Waals surface area contributed by atoms with E-state index < -0.39 is 12.1 Å². The third kappa shape index (κ3) is 3.48. The Morgan fingerprint density at radius 1 is 1.08 bits per heavy atom. The Morgan fingerprint density at radius 2 is 1.68 bits per heavy atom. The number of nitrogens with zero attached hydrogens (tertiary/aromatic N) is 1. The second kappa shape index (κ2) is 7.59. The van der Waals surface area contributed by atoms with Crippen molar-refractivity contribution in [2.24, 2.45) is 0 Å². The fourth-order valence-corrected chi connectivity index (χ4v) is 2.85. The van der Waals surface area contributed by atoms with Gasteiger partial charge in [-0.25, -0.2) is 0 Å². The zero-order valence-electron chi connectivity index (χ0n) is 14.3. The minimum atomic E-state index is -0.673. The molecule has 3 unspecified atom stereocenters. The number of hydrogen-bond acceptors (Lipinski definition) is 4. The minimum absolute atomic E-state index is 0.122. The van der Waals surface area contributed by atoms with Gasteiger partial charge in [0.05, 0.1) is 12.7 Å². The Hall–Kier alpha value is -2.50. The Labute approximate surface area is 147 Å². The van der Waals surface area contributed by atoms with E-state index >= 15 is 0 Å². The molecule has 1 heterocycles. The highest BCUT2D eigenvalue weighted by molar-refractivity contribution is 6.10. The summed E-state index contributed by atoms with van der Waals surface area (Å²) in [4.78, 5) is 26.7. The van der Waals surface area contributed by atoms with Crippen LogP contribution < -0.4 is 0 Å². The van der Waals surface area contributed by atoms with Gasteiger partial charge in [-0.1, -0.05) is 48.5 Å². The highest BCUT2D eigenvalue weighted by atomic mass is 16.5. The molecule has 2 aromatic rings. The first-order valence-electron chi connectivity index (χ1n) is 8.25. The maximum Gasteiger partial charge on any atom is 0.261 e. The first-order valence-corrected chi connectivity index (χ1v) is 8.25. The summed E-state index contributed by atoms with van der Waals surface area (Å²) in [5.74, 6) is -0.620. The average molecular weight is 339 g/mol. The topological polar surface area (TPSA) is 55.8 Å². The van der Waals surface area contributed by atoms with Crippen LogP contribution in [0.25, 0.3) is 0 Å². The Kier molecular flexibility index (Phi) is 5.26. The van der Waals surface area contributed by atoms with Crippen LogP contribution in [-0.4, -0.2) is 42.6 Å². The summed E-state index contributed by atoms with van der Waals surface area (Å²) in [5.41, 5.74) is 1.36. The molecule has 2 aromatic carbocycles. The van der Waals surface area contributed by atoms with Gasteiger partial charge in [0.1, 0.15) is 6.04 Å². The first-order chi connectivity index (χ1) is 12.1. The van der Waals surface area contributed by atoms with E-state index in [-0.39, 0.29) is 17.9 Å². The van der Waals surface area contributed by atoms with Crippen molar-refractivity contribution in [1.29, 1.82) is 0 Å². The van der Waals surface area contributed by atoms with Crippen molar-refractivity contribution in [3.63, 3.8) is 0 Å². The van der Waals surface area contributed by atoms with Gasteiger partial charge in [0, 0.05) is 12.7 Å². The third-order valence-corrected chi connectivity index (χ3v) is 4.34. The van der Waals surface area contributed by atoms with Gasteiger partial charge in [0.15, 0.2) is 6.10 Å². The van der Waals surface area contributed by atoms with Crippen LogP contribution in [0.5, 0.6) is 0 Å². The van der Waals surface area contributed by atoms with Crippen LogP contribution in [0, 0.1) is 0 Å². The van der Waals surface area contributed by atoms with Crippen LogP contribution in [0.4, 0.5) is 0 Å². The van der Waals surface area contributed by atoms with E-state index in [0.29, 0.717) is 12.2 Å². The summed E-state index contributed by atoms with van der Waals surface area (Å²) in [7, 11) is 1.59. The Bertz CT molecular complexity index is 732. The van der Waals surface area contributed by atoms with E-state index in [1.807, 2.05) is 43.3 Å². The molecular formula is C20H21NO4. The van der Waals surface area contributed by atoms with Gasteiger partial charge >= 0.3 is 0 Å². The lowest BCUT2D eigenvalue weighted by atomic mass is 9.89. The van der Waals surface area contributed by atoms with E-state index in [1.54, 1.807) is 31.4 Å². The maximum atomic E-state index is 12.8. The normalized spacial score (nSPS) is 20.9. The first kappa shape index (κ1) is 17.3. The highest BCUT2D eigenvalue weighted by Gasteiger charge is 2.52. The molecule has 3 rings (SSSR count). The fraction of sp³-hybridized carbons (Fsp3) is 0.300. The van der Waals surface area contributed by atoms with E-state index in [0.717, 1.165) is 5.56 Å². The van der Waals surface area contributed by atoms with E-state index in [2.05, 4.69) is 0 Å². The summed E-state index contributed by atoms with van der Waals surface area (Å²) in [6.45, 7) is 2.16. The molecule has 1 saturated heterocycles. The molecule has 1 aliphatic heterocycles. The standard InChI is InChI=1S/C20H21NO4/c1-14(24-2)13-25-18-17(15-9-5-3-6-10-15)21(20(18)23)19(22)16-11-7-4-8-12-16/h3-12,14,17-18H,13H2,1-2H3. The summed E-state index contributed by atoms with van der Waals surface area (Å²) in [5, 5.41) is 0. The lowest BCUT2D eigenvalue weighted by Crippen LogP contribution is -2.62. The number of carbonyl (C=O) groups excluding carboxylic acids is 2. The van der Waals surface area contributed by atoms with Gasteiger partial charge in [-0.05, 0) is 24.6 Å². The van der Waals surface area contributed by atoms with Crippen molar-refractivity contribution in [3.05, 3.63) is 71.8 Å². The van der Waals surface area contributed by atoms with Crippen molar-refractivity contribution in [2.45, 2.75) is 25.2 Å². The fourth-order valence-electron chi connectivity index (χ4n) is 2.85. The average Bonchev–Trinajstić information content (AvgIpc) is 2.66. The summed E-state index contributed by atoms with van der Waals surface area (Å²) < 4.78 is 10.9. The number of ether oxygens (including phenoxy) is 2. The molecular weight excluding hydrogens is 318 g/mol. The lowest BCUT2D eigenvalue weighted by Gasteiger charge is -2.45. The smallest absolute Gasteiger partial charge is 0.261 e. The summed E-state index contributed by atoms with van der Waals surface area (Å²) >= 11 is 0. The Balaban J connectivity index is 1.85. The molecule has 130 valence electrons. The SMILES string of the molecule is COC(C)COC1C(=O)N(C(=O)c2ccccc2)C1c1ccccc1. The summed E-state index contributed by atoms with van der Waals surface area (Å²) in [6.07, 6.45) is -0.796. The molecule has 0 spiro atoms. The van der Waals surface area contributed by atoms with Crippen LogP contribution in [0.1, 0.15) is 28.9 Å². The number of likely N-dealkylation sites (tertiary alicyclic amines) is 1. The largest absolute Gasteiger partial charge is 0.379 e. The van der Waals surface area contributed by atoms with E-state index in [1.165, 1.54) is 4.90 Å². The molecule has 5 heteroatoms. The van der Waals surface area contributed by atoms with Gasteiger partial charge in [0.25, 0.3) is 11.8 Å². The second-order valence-corrected chi connectivity index (χ2v) is 6.04. The molecule has 2 amide bonds. The number of carbonyl (C=O) groups is 2. The monoisotopic (exact) mass is 339 g/mol. The zero-order valence-corrected chi connectivity index (χ0v) is 14.3. The molecule has 1 fully saturated rings. The second-order valence-electron chi connectivity index (χ2n) is 6.04. The number of hydrogen-bond donors (Lipinski definition) is 0. The van der Waals surface area contributed by atoms with Crippen molar-refractivity contribution in [3.8, 4) is 0 Å². The van der Waals surface area contributed by atoms with Gasteiger partial charge in [-0.15, -0.1) is 0 Å². The summed E-state index contributed by atoms with van der Waals surface area (Å²) in [6, 6.07) is 17.9. The van der Waals surface area contributed by atoms with Gasteiger partial charge in [-0.3, -0.25) is 14.5 Å². The maximum absolute atomic E-state index is 12.8. The van der Waals surface area contributed by atoms with Crippen molar-refractivity contribution in [1.82, 2.24) is 4.90 Å². The van der Waals surface area contributed by atoms with E-state index in [9.17, 15) is 9.59 Å². The van der Waals surface area contributed by atoms with Crippen molar-refractivity contribution in [2.75, 3.05) is 13.7 Å². The molecule has 1 aliphatic rings. The molecule has 0 saturated carbocycles. The highest BCUT2D eigenvalue weighted by Crippen LogP contribution is 2.38. The van der Waals surface area contributed by atoms with Gasteiger partial charge < -0.3 is 9.47 Å². The number of β-lactam (4-membered cyclic amide) rings is 1. The molecule has 0 radical (unpaired) electrons. The molecule has 0 aromatic heterocycles. The number of rotatable bonds is 6. The van der Waals surface area contributed by atoms with Crippen LogP contribution >= 0.6 is 0 Å². The number of methoxy groups -OCH3 is 1. The van der Waals surface area contributed by atoms with Crippen LogP contribution in [-0.2, 0) is 14.3 Å². The minimum Gasteiger partial charge on any atom is -0.379 e. The van der Waals surface area contributed by atoms with Crippen molar-refractivity contribution >= 4 is 11.8 Å². The molecule has 3 atom stereocenters. The number of benzene rings is 2. The van der Waals surface area contributed by atoms with Crippen LogP contribution in [0.2, 0.25) is 0 Å². The lowest BCUT2D eigenvalue weighted by molar-refractivity contribution is -0.171. The molecule has 0 N–H and O–H groups in total. The molecule has 25 heavy (non-hydrogen) atoms. The molecule has 0 aliphatic carbocycles. The zero-order chi connectivity index (χ0) is 17.8. The Morgan fingerprint density at radius 3 is 2.28 bits per heavy atom. The number of imide groups is 1.